The lowest BCUT2D eigenvalue weighted by Crippen LogP contribution is -2.34. The number of carbonyl (C=O) groups excluding carboxylic acids is 2. The monoisotopic (exact) mass is 289 g/mol. The third-order valence-corrected chi connectivity index (χ3v) is 4.11. The van der Waals surface area contributed by atoms with Gasteiger partial charge in [0.25, 0.3) is 5.91 Å². The van der Waals surface area contributed by atoms with Crippen LogP contribution in [0.2, 0.25) is 0 Å². The fourth-order valence-electron chi connectivity index (χ4n) is 2.60. The highest BCUT2D eigenvalue weighted by Crippen LogP contribution is 2.29. The number of nitrogens with one attached hydrogen (secondary N) is 1. The number of amides is 2. The molecule has 2 rings (SSSR count). The van der Waals surface area contributed by atoms with E-state index in [0.29, 0.717) is 18.5 Å². The topological polar surface area (TPSA) is 98.2 Å². The lowest BCUT2D eigenvalue weighted by molar-refractivity contribution is -0.126. The normalized spacial score (nSPS) is 16.6. The van der Waals surface area contributed by atoms with E-state index in [2.05, 4.69) is 5.32 Å². The molecule has 1 atom stereocenters. The number of primary amides is 1. The summed E-state index contributed by atoms with van der Waals surface area (Å²) in [7, 11) is 0. The largest absolute Gasteiger partial charge is 0.369 e. The van der Waals surface area contributed by atoms with Crippen LogP contribution in [-0.2, 0) is 11.2 Å². The highest BCUT2D eigenvalue weighted by atomic mass is 16.2. The molecule has 0 fully saturated rings. The molecule has 5 nitrogen and oxygen atoms in total. The number of carbonyl (C=O) groups is 2. The Bertz CT molecular complexity index is 567. The van der Waals surface area contributed by atoms with Gasteiger partial charge in [-0.05, 0) is 36.5 Å². The maximum Gasteiger partial charge on any atom is 0.251 e. The lowest BCUT2D eigenvalue weighted by atomic mass is 9.82. The molecule has 21 heavy (non-hydrogen) atoms. The molecule has 1 heterocycles. The first-order valence-electron chi connectivity index (χ1n) is 7.28. The number of aryl methyl sites for hydroxylation is 1. The van der Waals surface area contributed by atoms with E-state index in [1.54, 1.807) is 13.8 Å². The summed E-state index contributed by atoms with van der Waals surface area (Å²) < 4.78 is 0. The van der Waals surface area contributed by atoms with Crippen LogP contribution in [0.15, 0.2) is 18.2 Å². The van der Waals surface area contributed by atoms with Gasteiger partial charge >= 0.3 is 0 Å². The van der Waals surface area contributed by atoms with Gasteiger partial charge in [0.1, 0.15) is 0 Å². The molecule has 1 aliphatic heterocycles. The standard InChI is InChI=1S/C16H23N3O2/c1-16(2,15(18)21)9-13(17)11-6-5-10-4-3-7-19-14(20)12(10)8-11/h5-6,8,13H,3-4,7,9,17H2,1-2H3,(H2,18,21)(H,19,20). The van der Waals surface area contributed by atoms with Crippen molar-refractivity contribution in [1.29, 1.82) is 0 Å². The Morgan fingerprint density at radius 2 is 2.14 bits per heavy atom. The molecule has 0 aliphatic carbocycles. The van der Waals surface area contributed by atoms with E-state index < -0.39 is 5.41 Å². The Morgan fingerprint density at radius 3 is 2.81 bits per heavy atom. The second-order valence-corrected chi connectivity index (χ2v) is 6.33. The van der Waals surface area contributed by atoms with Gasteiger partial charge in [0.2, 0.25) is 5.91 Å². The number of hydrogen-bond acceptors (Lipinski definition) is 3. The molecule has 2 amide bonds. The van der Waals surface area contributed by atoms with Gasteiger partial charge in [-0.25, -0.2) is 0 Å². The van der Waals surface area contributed by atoms with Crippen molar-refractivity contribution in [2.24, 2.45) is 16.9 Å². The summed E-state index contributed by atoms with van der Waals surface area (Å²) in [5, 5.41) is 2.88. The molecule has 114 valence electrons. The van der Waals surface area contributed by atoms with Crippen molar-refractivity contribution in [2.45, 2.75) is 39.2 Å². The van der Waals surface area contributed by atoms with E-state index in [4.69, 9.17) is 11.5 Å². The average Bonchev–Trinajstić information content (AvgIpc) is 2.60. The summed E-state index contributed by atoms with van der Waals surface area (Å²) in [5.74, 6) is -0.420. The molecule has 0 aromatic heterocycles. The van der Waals surface area contributed by atoms with Crippen molar-refractivity contribution in [1.82, 2.24) is 5.32 Å². The Labute approximate surface area is 125 Å². The first-order chi connectivity index (χ1) is 9.81. The summed E-state index contributed by atoms with van der Waals surface area (Å²) in [6.45, 7) is 4.26. The van der Waals surface area contributed by atoms with Gasteiger partial charge in [0.15, 0.2) is 0 Å². The van der Waals surface area contributed by atoms with E-state index in [-0.39, 0.29) is 17.9 Å². The summed E-state index contributed by atoms with van der Waals surface area (Å²) in [5.41, 5.74) is 13.5. The average molecular weight is 289 g/mol. The van der Waals surface area contributed by atoms with Gasteiger partial charge in [-0.15, -0.1) is 0 Å². The lowest BCUT2D eigenvalue weighted by Gasteiger charge is -2.25. The molecule has 5 N–H and O–H groups in total. The van der Waals surface area contributed by atoms with Crippen molar-refractivity contribution >= 4 is 11.8 Å². The van der Waals surface area contributed by atoms with E-state index in [9.17, 15) is 9.59 Å². The van der Waals surface area contributed by atoms with Crippen LogP contribution in [-0.4, -0.2) is 18.4 Å². The van der Waals surface area contributed by atoms with Gasteiger partial charge in [-0.2, -0.15) is 0 Å². The van der Waals surface area contributed by atoms with E-state index in [1.165, 1.54) is 0 Å². The summed E-state index contributed by atoms with van der Waals surface area (Å²) in [6.07, 6.45) is 2.28. The molecule has 0 saturated carbocycles. The molecule has 0 spiro atoms. The van der Waals surface area contributed by atoms with Crippen LogP contribution in [0.5, 0.6) is 0 Å². The molecule has 0 saturated heterocycles. The fraction of sp³-hybridized carbons (Fsp3) is 0.500. The number of rotatable bonds is 4. The maximum atomic E-state index is 12.0. The molecular formula is C16H23N3O2. The minimum Gasteiger partial charge on any atom is -0.369 e. The van der Waals surface area contributed by atoms with Crippen molar-refractivity contribution in [3.8, 4) is 0 Å². The molecular weight excluding hydrogens is 266 g/mol. The highest BCUT2D eigenvalue weighted by molar-refractivity contribution is 5.96. The molecule has 1 aliphatic rings. The van der Waals surface area contributed by atoms with Crippen LogP contribution in [0, 0.1) is 5.41 Å². The molecule has 1 unspecified atom stereocenters. The quantitative estimate of drug-likeness (QED) is 0.778. The number of nitrogens with two attached hydrogens (primary N) is 2. The first kappa shape index (κ1) is 15.5. The van der Waals surface area contributed by atoms with Gasteiger partial charge < -0.3 is 16.8 Å². The van der Waals surface area contributed by atoms with Gasteiger partial charge in [-0.1, -0.05) is 26.0 Å². The summed E-state index contributed by atoms with van der Waals surface area (Å²) in [4.78, 5) is 23.5. The molecule has 0 bridgehead atoms. The SMILES string of the molecule is CC(C)(CC(N)c1ccc2c(c1)C(=O)NCCC2)C(N)=O. The number of fused-ring (bicyclic) bond motifs is 1. The maximum absolute atomic E-state index is 12.0. The van der Waals surface area contributed by atoms with E-state index in [0.717, 1.165) is 24.0 Å². The number of benzene rings is 1. The molecule has 0 radical (unpaired) electrons. The fourth-order valence-corrected chi connectivity index (χ4v) is 2.60. The first-order valence-corrected chi connectivity index (χ1v) is 7.28. The third kappa shape index (κ3) is 3.42. The predicted molar refractivity (Wildman–Crippen MR) is 81.6 cm³/mol. The van der Waals surface area contributed by atoms with Crippen LogP contribution in [0.4, 0.5) is 0 Å². The Balaban J connectivity index is 2.25. The second-order valence-electron chi connectivity index (χ2n) is 6.33. The Kier molecular flexibility index (Phi) is 4.32. The van der Waals surface area contributed by atoms with E-state index >= 15 is 0 Å². The van der Waals surface area contributed by atoms with Crippen molar-refractivity contribution in [3.05, 3.63) is 34.9 Å². The van der Waals surface area contributed by atoms with Gasteiger partial charge in [-0.3, -0.25) is 9.59 Å². The summed E-state index contributed by atoms with van der Waals surface area (Å²) >= 11 is 0. The minimum absolute atomic E-state index is 0.0503. The molecule has 1 aromatic rings. The predicted octanol–water partition coefficient (Wildman–Crippen LogP) is 1.26. The highest BCUT2D eigenvalue weighted by Gasteiger charge is 2.28. The van der Waals surface area contributed by atoms with Crippen molar-refractivity contribution in [2.75, 3.05) is 6.54 Å². The minimum atomic E-state index is -0.672. The van der Waals surface area contributed by atoms with Crippen LogP contribution >= 0.6 is 0 Å². The zero-order chi connectivity index (χ0) is 15.6. The van der Waals surface area contributed by atoms with Gasteiger partial charge in [0.05, 0.1) is 0 Å². The molecule has 1 aromatic carbocycles. The van der Waals surface area contributed by atoms with Crippen molar-refractivity contribution in [3.63, 3.8) is 0 Å². The van der Waals surface area contributed by atoms with E-state index in [1.807, 2.05) is 18.2 Å². The van der Waals surface area contributed by atoms with Crippen LogP contribution in [0.3, 0.4) is 0 Å². The smallest absolute Gasteiger partial charge is 0.251 e. The zero-order valence-electron chi connectivity index (χ0n) is 12.6. The zero-order valence-corrected chi connectivity index (χ0v) is 12.6. The second kappa shape index (κ2) is 5.85. The van der Waals surface area contributed by atoms with Crippen molar-refractivity contribution < 1.29 is 9.59 Å². The Morgan fingerprint density at radius 1 is 1.43 bits per heavy atom. The third-order valence-electron chi connectivity index (χ3n) is 4.11. The van der Waals surface area contributed by atoms with Crippen LogP contribution in [0.25, 0.3) is 0 Å². The Hall–Kier alpha value is -1.88. The van der Waals surface area contributed by atoms with Crippen LogP contribution < -0.4 is 16.8 Å². The van der Waals surface area contributed by atoms with Crippen LogP contribution in [0.1, 0.15) is 54.2 Å². The summed E-state index contributed by atoms with van der Waals surface area (Å²) in [6, 6.07) is 5.43. The molecule has 5 heteroatoms. The van der Waals surface area contributed by atoms with Gasteiger partial charge in [0, 0.05) is 23.6 Å². The number of hydrogen-bond donors (Lipinski definition) is 3.